The van der Waals surface area contributed by atoms with Crippen LogP contribution in [0.25, 0.3) is 0 Å². The first-order chi connectivity index (χ1) is 13.0. The van der Waals surface area contributed by atoms with Crippen LogP contribution in [0.2, 0.25) is 0 Å². The van der Waals surface area contributed by atoms with Crippen LogP contribution in [0.3, 0.4) is 0 Å². The van der Waals surface area contributed by atoms with E-state index >= 15 is 0 Å². The lowest BCUT2D eigenvalue weighted by Gasteiger charge is -2.44. The van der Waals surface area contributed by atoms with Gasteiger partial charge in [0.2, 0.25) is 11.8 Å². The number of nitrogens with one attached hydrogen (secondary N) is 2. The molecule has 4 aliphatic rings. The standard InChI is InChI=1S/C20H23N3O4/c24-17-4-3-16(18(25)22-17)23-10-12-7-13(1-2-15(12)19(23)26)27-14-8-20(9-14)5-6-21-11-20/h1-2,7,14,16,21H,3-6,8-11H2,(H,22,24,25). The van der Waals surface area contributed by atoms with Gasteiger partial charge in [0, 0.05) is 25.1 Å². The van der Waals surface area contributed by atoms with Crippen molar-refractivity contribution in [3.63, 3.8) is 0 Å². The normalized spacial score (nSPS) is 32.4. The zero-order valence-electron chi connectivity index (χ0n) is 15.1. The lowest BCUT2D eigenvalue weighted by Crippen LogP contribution is -2.52. The number of ether oxygens (including phenoxy) is 1. The molecule has 0 aromatic heterocycles. The third-order valence-electron chi connectivity index (χ3n) is 6.45. The molecule has 1 atom stereocenters. The van der Waals surface area contributed by atoms with Crippen molar-refractivity contribution in [2.45, 2.75) is 50.8 Å². The molecule has 5 rings (SSSR count). The molecule has 0 bridgehead atoms. The van der Waals surface area contributed by atoms with Crippen molar-refractivity contribution in [3.05, 3.63) is 29.3 Å². The highest BCUT2D eigenvalue weighted by atomic mass is 16.5. The van der Waals surface area contributed by atoms with E-state index in [4.69, 9.17) is 4.74 Å². The van der Waals surface area contributed by atoms with Gasteiger partial charge in [0.1, 0.15) is 11.8 Å². The van der Waals surface area contributed by atoms with Gasteiger partial charge in [0.05, 0.1) is 6.10 Å². The first-order valence-corrected chi connectivity index (χ1v) is 9.68. The van der Waals surface area contributed by atoms with E-state index in [1.807, 2.05) is 12.1 Å². The van der Waals surface area contributed by atoms with E-state index in [2.05, 4.69) is 10.6 Å². The van der Waals surface area contributed by atoms with Gasteiger partial charge in [0.15, 0.2) is 0 Å². The zero-order valence-corrected chi connectivity index (χ0v) is 15.1. The lowest BCUT2D eigenvalue weighted by molar-refractivity contribution is -0.136. The lowest BCUT2D eigenvalue weighted by atomic mass is 9.66. The summed E-state index contributed by atoms with van der Waals surface area (Å²) >= 11 is 0. The minimum atomic E-state index is -0.576. The predicted octanol–water partition coefficient (Wildman–Crippen LogP) is 0.968. The maximum absolute atomic E-state index is 12.7. The van der Waals surface area contributed by atoms with Crippen molar-refractivity contribution in [2.75, 3.05) is 13.1 Å². The molecule has 7 nitrogen and oxygen atoms in total. The number of fused-ring (bicyclic) bond motifs is 1. The summed E-state index contributed by atoms with van der Waals surface area (Å²) < 4.78 is 6.13. The summed E-state index contributed by atoms with van der Waals surface area (Å²) in [4.78, 5) is 37.7. The Balaban J connectivity index is 1.27. The number of piperidine rings is 1. The van der Waals surface area contributed by atoms with Crippen LogP contribution < -0.4 is 15.4 Å². The number of rotatable bonds is 3. The minimum Gasteiger partial charge on any atom is -0.490 e. The Morgan fingerprint density at radius 3 is 2.78 bits per heavy atom. The molecule has 142 valence electrons. The molecule has 1 aliphatic carbocycles. The molecule has 3 aliphatic heterocycles. The summed E-state index contributed by atoms with van der Waals surface area (Å²) in [5.74, 6) is -0.0104. The summed E-state index contributed by atoms with van der Waals surface area (Å²) in [6.45, 7) is 2.58. The molecule has 3 heterocycles. The van der Waals surface area contributed by atoms with E-state index in [-0.39, 0.29) is 30.2 Å². The molecule has 1 spiro atoms. The number of hydrogen-bond acceptors (Lipinski definition) is 5. The summed E-state index contributed by atoms with van der Waals surface area (Å²) in [5.41, 5.74) is 1.94. The molecular weight excluding hydrogens is 346 g/mol. The molecule has 27 heavy (non-hydrogen) atoms. The molecule has 3 fully saturated rings. The monoisotopic (exact) mass is 369 g/mol. The van der Waals surface area contributed by atoms with Crippen molar-refractivity contribution in [1.29, 1.82) is 0 Å². The molecule has 1 unspecified atom stereocenters. The molecule has 3 amide bonds. The number of benzene rings is 1. The maximum atomic E-state index is 12.7. The second kappa shape index (κ2) is 6.05. The molecule has 1 aromatic carbocycles. The van der Waals surface area contributed by atoms with Gasteiger partial charge in [-0.1, -0.05) is 0 Å². The van der Waals surface area contributed by atoms with Crippen LogP contribution in [0.4, 0.5) is 0 Å². The first-order valence-electron chi connectivity index (χ1n) is 9.68. The van der Waals surface area contributed by atoms with E-state index in [9.17, 15) is 14.4 Å². The number of imide groups is 1. The average Bonchev–Trinajstić information content (AvgIpc) is 3.20. The second-order valence-corrected chi connectivity index (χ2v) is 8.29. The Kier molecular flexibility index (Phi) is 3.75. The SMILES string of the molecule is O=C1CCC(N2Cc3cc(OC4CC5(CCNC5)C4)ccc3C2=O)C(=O)N1. The van der Waals surface area contributed by atoms with Crippen LogP contribution >= 0.6 is 0 Å². The van der Waals surface area contributed by atoms with Crippen LogP contribution in [0.1, 0.15) is 48.0 Å². The van der Waals surface area contributed by atoms with Crippen LogP contribution in [0.5, 0.6) is 5.75 Å². The van der Waals surface area contributed by atoms with E-state index in [0.717, 1.165) is 37.2 Å². The van der Waals surface area contributed by atoms with Gasteiger partial charge in [-0.25, -0.2) is 0 Å². The number of carbonyl (C=O) groups is 3. The van der Waals surface area contributed by atoms with Crippen LogP contribution in [0, 0.1) is 5.41 Å². The molecule has 1 aromatic rings. The minimum absolute atomic E-state index is 0.148. The molecule has 1 saturated carbocycles. The Bertz CT molecular complexity index is 823. The number of amides is 3. The topological polar surface area (TPSA) is 87.7 Å². The fourth-order valence-electron chi connectivity index (χ4n) is 4.95. The van der Waals surface area contributed by atoms with Crippen LogP contribution in [0.15, 0.2) is 18.2 Å². The zero-order chi connectivity index (χ0) is 18.6. The van der Waals surface area contributed by atoms with Crippen molar-refractivity contribution in [3.8, 4) is 5.75 Å². The summed E-state index contributed by atoms with van der Waals surface area (Å²) in [7, 11) is 0. The third kappa shape index (κ3) is 2.81. The Morgan fingerprint density at radius 1 is 1.19 bits per heavy atom. The first kappa shape index (κ1) is 16.7. The number of carbonyl (C=O) groups excluding carboxylic acids is 3. The van der Waals surface area contributed by atoms with Gasteiger partial charge in [0.25, 0.3) is 5.91 Å². The van der Waals surface area contributed by atoms with Crippen LogP contribution in [-0.2, 0) is 16.1 Å². The van der Waals surface area contributed by atoms with Crippen molar-refractivity contribution < 1.29 is 19.1 Å². The highest BCUT2D eigenvalue weighted by Crippen LogP contribution is 2.47. The average molecular weight is 369 g/mol. The molecule has 0 radical (unpaired) electrons. The summed E-state index contributed by atoms with van der Waals surface area (Å²) in [6, 6.07) is 5.00. The third-order valence-corrected chi connectivity index (χ3v) is 6.45. The smallest absolute Gasteiger partial charge is 0.255 e. The van der Waals surface area contributed by atoms with Gasteiger partial charge in [-0.15, -0.1) is 0 Å². The Hall–Kier alpha value is -2.41. The van der Waals surface area contributed by atoms with E-state index in [0.29, 0.717) is 23.9 Å². The molecule has 2 N–H and O–H groups in total. The van der Waals surface area contributed by atoms with Gasteiger partial charge >= 0.3 is 0 Å². The molecular formula is C20H23N3O4. The molecule has 2 saturated heterocycles. The predicted molar refractivity (Wildman–Crippen MR) is 96.1 cm³/mol. The number of hydrogen-bond donors (Lipinski definition) is 2. The maximum Gasteiger partial charge on any atom is 0.255 e. The summed E-state index contributed by atoms with van der Waals surface area (Å²) in [6.07, 6.45) is 4.28. The summed E-state index contributed by atoms with van der Waals surface area (Å²) in [5, 5.41) is 5.76. The van der Waals surface area contributed by atoms with E-state index < -0.39 is 6.04 Å². The molecule has 7 heteroatoms. The van der Waals surface area contributed by atoms with E-state index in [1.54, 1.807) is 11.0 Å². The van der Waals surface area contributed by atoms with Crippen molar-refractivity contribution in [2.24, 2.45) is 5.41 Å². The second-order valence-electron chi connectivity index (χ2n) is 8.29. The van der Waals surface area contributed by atoms with Gasteiger partial charge in [-0.2, -0.15) is 0 Å². The van der Waals surface area contributed by atoms with Crippen molar-refractivity contribution in [1.82, 2.24) is 15.5 Å². The quantitative estimate of drug-likeness (QED) is 0.775. The highest BCUT2D eigenvalue weighted by molar-refractivity contribution is 6.05. The van der Waals surface area contributed by atoms with Gasteiger partial charge < -0.3 is 15.0 Å². The number of nitrogens with zero attached hydrogens (tertiary/aromatic N) is 1. The van der Waals surface area contributed by atoms with E-state index in [1.165, 1.54) is 6.42 Å². The van der Waals surface area contributed by atoms with Gasteiger partial charge in [-0.3, -0.25) is 19.7 Å². The Labute approximate surface area is 157 Å². The highest BCUT2D eigenvalue weighted by Gasteiger charge is 2.47. The fraction of sp³-hybridized carbons (Fsp3) is 0.550. The Morgan fingerprint density at radius 2 is 2.04 bits per heavy atom. The van der Waals surface area contributed by atoms with Gasteiger partial charge in [-0.05, 0) is 61.4 Å². The van der Waals surface area contributed by atoms with Crippen LogP contribution in [-0.4, -0.2) is 47.9 Å². The fourth-order valence-corrected chi connectivity index (χ4v) is 4.95. The van der Waals surface area contributed by atoms with Crippen molar-refractivity contribution >= 4 is 17.7 Å². The largest absolute Gasteiger partial charge is 0.490 e.